The third-order valence-corrected chi connectivity index (χ3v) is 5.05. The minimum Gasteiger partial charge on any atom is -0.493 e. The van der Waals surface area contributed by atoms with Crippen LogP contribution in [0.1, 0.15) is 37.3 Å². The Bertz CT molecular complexity index is 974. The van der Waals surface area contributed by atoms with Crippen molar-refractivity contribution in [2.45, 2.75) is 46.1 Å². The Kier molecular flexibility index (Phi) is 6.75. The topological polar surface area (TPSA) is 40.5 Å². The van der Waals surface area contributed by atoms with Crippen molar-refractivity contribution in [2.75, 3.05) is 13.7 Å². The number of pyridine rings is 1. The van der Waals surface area contributed by atoms with Crippen LogP contribution in [-0.2, 0) is 13.0 Å². The first kappa shape index (κ1) is 20.0. The summed E-state index contributed by atoms with van der Waals surface area (Å²) in [6.07, 6.45) is 5.93. The number of hydrogen-bond donors (Lipinski definition) is 0. The molecule has 0 bridgehead atoms. The molecule has 0 aliphatic heterocycles. The van der Waals surface area contributed by atoms with Crippen LogP contribution in [0.3, 0.4) is 0 Å². The van der Waals surface area contributed by atoms with Gasteiger partial charge in [0.2, 0.25) is 0 Å². The molecule has 0 aliphatic carbocycles. The second-order valence-electron chi connectivity index (χ2n) is 7.16. The van der Waals surface area contributed by atoms with E-state index in [1.807, 2.05) is 24.4 Å². The van der Waals surface area contributed by atoms with Gasteiger partial charge >= 0.3 is 0 Å². The molecular weight excluding hydrogens is 350 g/mol. The van der Waals surface area contributed by atoms with Crippen LogP contribution >= 0.6 is 0 Å². The number of fused-ring (bicyclic) bond motifs is 1. The maximum atomic E-state index is 13.0. The molecule has 0 saturated carbocycles. The summed E-state index contributed by atoms with van der Waals surface area (Å²) in [4.78, 5) is 13.0. The van der Waals surface area contributed by atoms with Gasteiger partial charge in [-0.05, 0) is 43.5 Å². The van der Waals surface area contributed by atoms with Gasteiger partial charge in [-0.3, -0.25) is 4.79 Å². The van der Waals surface area contributed by atoms with Crippen LogP contribution in [0.5, 0.6) is 11.5 Å². The lowest BCUT2D eigenvalue weighted by molar-refractivity contribution is 0.289. The van der Waals surface area contributed by atoms with E-state index in [1.54, 1.807) is 11.7 Å². The second-order valence-corrected chi connectivity index (χ2v) is 7.16. The fourth-order valence-corrected chi connectivity index (χ4v) is 3.33. The third-order valence-electron chi connectivity index (χ3n) is 5.05. The van der Waals surface area contributed by atoms with Gasteiger partial charge in [0.1, 0.15) is 0 Å². The van der Waals surface area contributed by atoms with Crippen molar-refractivity contribution in [3.8, 4) is 11.5 Å². The van der Waals surface area contributed by atoms with Crippen LogP contribution in [0, 0.1) is 6.92 Å². The minimum atomic E-state index is 0.00525. The summed E-state index contributed by atoms with van der Waals surface area (Å²) < 4.78 is 13.2. The van der Waals surface area contributed by atoms with Gasteiger partial charge in [0.05, 0.1) is 19.1 Å². The summed E-state index contributed by atoms with van der Waals surface area (Å²) in [5.41, 5.74) is 2.48. The third kappa shape index (κ3) is 4.56. The number of hydrogen-bond acceptors (Lipinski definition) is 3. The number of benzene rings is 2. The number of unbranched alkanes of at least 4 members (excludes halogenated alkanes) is 2. The van der Waals surface area contributed by atoms with E-state index in [0.29, 0.717) is 30.0 Å². The molecule has 4 nitrogen and oxygen atoms in total. The summed E-state index contributed by atoms with van der Waals surface area (Å²) in [6, 6.07) is 14.1. The fourth-order valence-electron chi connectivity index (χ4n) is 3.33. The summed E-state index contributed by atoms with van der Waals surface area (Å²) in [7, 11) is 1.63. The summed E-state index contributed by atoms with van der Waals surface area (Å²) in [5.74, 6) is 1.33. The molecule has 0 N–H and O–H groups in total. The van der Waals surface area contributed by atoms with Crippen LogP contribution in [0.2, 0.25) is 0 Å². The molecule has 0 unspecified atom stereocenters. The zero-order valence-electron chi connectivity index (χ0n) is 17.0. The maximum absolute atomic E-state index is 13.0. The zero-order chi connectivity index (χ0) is 19.9. The summed E-state index contributed by atoms with van der Waals surface area (Å²) in [6.45, 7) is 5.52. The SMILES string of the molecule is CCCCCOc1c(OC)ccc2c(=O)n(CCc3ccc(C)cc3)ccc12. The highest BCUT2D eigenvalue weighted by molar-refractivity contribution is 5.90. The van der Waals surface area contributed by atoms with E-state index in [1.165, 1.54) is 11.1 Å². The molecule has 0 atom stereocenters. The number of rotatable bonds is 9. The van der Waals surface area contributed by atoms with Gasteiger partial charge in [-0.25, -0.2) is 0 Å². The predicted molar refractivity (Wildman–Crippen MR) is 115 cm³/mol. The van der Waals surface area contributed by atoms with Crippen molar-refractivity contribution in [2.24, 2.45) is 0 Å². The van der Waals surface area contributed by atoms with E-state index in [2.05, 4.69) is 38.1 Å². The van der Waals surface area contributed by atoms with E-state index < -0.39 is 0 Å². The molecule has 4 heteroatoms. The largest absolute Gasteiger partial charge is 0.493 e. The Balaban J connectivity index is 1.86. The average Bonchev–Trinajstić information content (AvgIpc) is 2.72. The molecule has 0 radical (unpaired) electrons. The molecular formula is C24H29NO3. The van der Waals surface area contributed by atoms with Gasteiger partial charge < -0.3 is 14.0 Å². The first-order valence-corrected chi connectivity index (χ1v) is 10.0. The molecule has 1 aromatic heterocycles. The molecule has 2 aromatic carbocycles. The molecule has 28 heavy (non-hydrogen) atoms. The number of aromatic nitrogens is 1. The first-order chi connectivity index (χ1) is 13.6. The molecule has 0 aliphatic rings. The van der Waals surface area contributed by atoms with Gasteiger partial charge in [-0.2, -0.15) is 0 Å². The summed E-state index contributed by atoms with van der Waals surface area (Å²) in [5, 5.41) is 1.48. The molecule has 0 saturated heterocycles. The predicted octanol–water partition coefficient (Wildman–Crippen LogP) is 5.13. The molecule has 0 fully saturated rings. The average molecular weight is 380 g/mol. The van der Waals surface area contributed by atoms with E-state index in [9.17, 15) is 4.79 Å². The Morgan fingerprint density at radius 1 is 0.964 bits per heavy atom. The number of aryl methyl sites for hydroxylation is 3. The van der Waals surface area contributed by atoms with Gasteiger partial charge in [-0.15, -0.1) is 0 Å². The minimum absolute atomic E-state index is 0.00525. The van der Waals surface area contributed by atoms with Crippen molar-refractivity contribution >= 4 is 10.8 Å². The van der Waals surface area contributed by atoms with Crippen molar-refractivity contribution in [1.82, 2.24) is 4.57 Å². The highest BCUT2D eigenvalue weighted by Gasteiger charge is 2.13. The van der Waals surface area contributed by atoms with Crippen molar-refractivity contribution in [1.29, 1.82) is 0 Å². The monoisotopic (exact) mass is 379 g/mol. The Morgan fingerprint density at radius 3 is 2.46 bits per heavy atom. The number of nitrogens with zero attached hydrogens (tertiary/aromatic N) is 1. The lowest BCUT2D eigenvalue weighted by Gasteiger charge is -2.14. The quantitative estimate of drug-likeness (QED) is 0.484. The van der Waals surface area contributed by atoms with E-state index in [-0.39, 0.29) is 5.56 Å². The molecule has 3 aromatic rings. The van der Waals surface area contributed by atoms with E-state index >= 15 is 0 Å². The van der Waals surface area contributed by atoms with Gasteiger partial charge in [-0.1, -0.05) is 49.6 Å². The van der Waals surface area contributed by atoms with Crippen LogP contribution in [-0.4, -0.2) is 18.3 Å². The fraction of sp³-hybridized carbons (Fsp3) is 0.375. The normalized spacial score (nSPS) is 11.0. The second kappa shape index (κ2) is 9.45. The highest BCUT2D eigenvalue weighted by Crippen LogP contribution is 2.34. The van der Waals surface area contributed by atoms with E-state index in [4.69, 9.17) is 9.47 Å². The van der Waals surface area contributed by atoms with Gasteiger partial charge in [0, 0.05) is 18.1 Å². The Labute approximate surface area is 166 Å². The zero-order valence-corrected chi connectivity index (χ0v) is 17.0. The first-order valence-electron chi connectivity index (χ1n) is 10.0. The van der Waals surface area contributed by atoms with E-state index in [0.717, 1.165) is 31.1 Å². The lowest BCUT2D eigenvalue weighted by atomic mass is 10.1. The molecule has 3 rings (SSSR count). The van der Waals surface area contributed by atoms with Crippen LogP contribution in [0.25, 0.3) is 10.8 Å². The maximum Gasteiger partial charge on any atom is 0.258 e. The van der Waals surface area contributed by atoms with Crippen molar-refractivity contribution in [3.05, 3.63) is 70.1 Å². The van der Waals surface area contributed by atoms with Crippen LogP contribution in [0.4, 0.5) is 0 Å². The smallest absolute Gasteiger partial charge is 0.258 e. The van der Waals surface area contributed by atoms with Gasteiger partial charge in [0.15, 0.2) is 11.5 Å². The standard InChI is InChI=1S/C24H29NO3/c1-4-5-6-17-28-23-20-14-16-25(15-13-19-9-7-18(2)8-10-19)24(26)21(20)11-12-22(23)27-3/h7-12,14,16H,4-6,13,15,17H2,1-3H3. The van der Waals surface area contributed by atoms with Crippen LogP contribution in [0.15, 0.2) is 53.5 Å². The van der Waals surface area contributed by atoms with Crippen molar-refractivity contribution < 1.29 is 9.47 Å². The number of ether oxygens (including phenoxy) is 2. The molecule has 1 heterocycles. The summed E-state index contributed by atoms with van der Waals surface area (Å²) >= 11 is 0. The molecule has 148 valence electrons. The Hall–Kier alpha value is -2.75. The lowest BCUT2D eigenvalue weighted by Crippen LogP contribution is -2.20. The molecule has 0 amide bonds. The highest BCUT2D eigenvalue weighted by atomic mass is 16.5. The number of methoxy groups -OCH3 is 1. The van der Waals surface area contributed by atoms with Crippen molar-refractivity contribution in [3.63, 3.8) is 0 Å². The molecule has 0 spiro atoms. The van der Waals surface area contributed by atoms with Gasteiger partial charge in [0.25, 0.3) is 5.56 Å². The van der Waals surface area contributed by atoms with Crippen LogP contribution < -0.4 is 15.0 Å². The Morgan fingerprint density at radius 2 is 1.75 bits per heavy atom.